The molecule has 25 heavy (non-hydrogen) atoms. The second-order valence-corrected chi connectivity index (χ2v) is 5.59. The van der Waals surface area contributed by atoms with Gasteiger partial charge in [0.1, 0.15) is 11.4 Å². The Labute approximate surface area is 152 Å². The number of rotatable bonds is 7. The molecule has 0 radical (unpaired) electrons. The zero-order chi connectivity index (χ0) is 17.7. The van der Waals surface area contributed by atoms with Gasteiger partial charge in [0, 0.05) is 18.7 Å². The van der Waals surface area contributed by atoms with Crippen LogP contribution >= 0.6 is 12.4 Å². The van der Waals surface area contributed by atoms with Crippen molar-refractivity contribution in [2.24, 2.45) is 0 Å². The number of carbonyl (C=O) groups excluding carboxylic acids is 1. The first-order chi connectivity index (χ1) is 11.4. The van der Waals surface area contributed by atoms with Crippen LogP contribution < -0.4 is 11.1 Å². The third kappa shape index (κ3) is 5.46. The third-order valence-corrected chi connectivity index (χ3v) is 3.79. The van der Waals surface area contributed by atoms with Gasteiger partial charge < -0.3 is 11.1 Å². The molecule has 3 N–H and O–H groups in total. The first-order valence-electron chi connectivity index (χ1n) is 7.68. The Kier molecular flexibility index (Phi) is 7.38. The van der Waals surface area contributed by atoms with E-state index < -0.39 is 4.92 Å². The second-order valence-electron chi connectivity index (χ2n) is 5.59. The summed E-state index contributed by atoms with van der Waals surface area (Å²) in [6, 6.07) is 7.51. The fraction of sp³-hybridized carbons (Fsp3) is 0.375. The first kappa shape index (κ1) is 20.4. The average molecular weight is 368 g/mol. The molecule has 0 bridgehead atoms. The summed E-state index contributed by atoms with van der Waals surface area (Å²) in [6.07, 6.45) is 0.943. The second kappa shape index (κ2) is 9.03. The highest BCUT2D eigenvalue weighted by atomic mass is 35.5. The summed E-state index contributed by atoms with van der Waals surface area (Å²) >= 11 is 0. The lowest BCUT2D eigenvalue weighted by atomic mass is 10.1. The highest BCUT2D eigenvalue weighted by Crippen LogP contribution is 2.21. The molecule has 0 unspecified atom stereocenters. The van der Waals surface area contributed by atoms with Gasteiger partial charge in [-0.05, 0) is 38.0 Å². The smallest absolute Gasteiger partial charge is 0.312 e. The van der Waals surface area contributed by atoms with Gasteiger partial charge in [0.05, 0.1) is 11.5 Å². The fourth-order valence-corrected chi connectivity index (χ4v) is 2.50. The van der Waals surface area contributed by atoms with E-state index in [4.69, 9.17) is 5.73 Å². The predicted molar refractivity (Wildman–Crippen MR) is 97.8 cm³/mol. The lowest BCUT2D eigenvalue weighted by Gasteiger charge is -2.07. The van der Waals surface area contributed by atoms with E-state index >= 15 is 0 Å². The van der Waals surface area contributed by atoms with Gasteiger partial charge in [-0.15, -0.1) is 12.4 Å². The number of hydrogen-bond donors (Lipinski definition) is 2. The number of halogens is 1. The van der Waals surface area contributed by atoms with Crippen molar-refractivity contribution in [2.75, 3.05) is 12.3 Å². The highest BCUT2D eigenvalue weighted by Gasteiger charge is 2.21. The summed E-state index contributed by atoms with van der Waals surface area (Å²) in [5, 5.41) is 17.9. The summed E-state index contributed by atoms with van der Waals surface area (Å²) in [5.41, 5.74) is 8.27. The maximum absolute atomic E-state index is 11.9. The Morgan fingerprint density at radius 1 is 1.32 bits per heavy atom. The Hall–Kier alpha value is -2.61. The number of anilines is 1. The molecular formula is C16H22ClN5O3. The molecule has 0 fully saturated rings. The number of hydrogen-bond acceptors (Lipinski definition) is 5. The zero-order valence-electron chi connectivity index (χ0n) is 14.2. The molecule has 0 spiro atoms. The number of aryl methyl sites for hydroxylation is 2. The summed E-state index contributed by atoms with van der Waals surface area (Å²) in [7, 11) is 0. The van der Waals surface area contributed by atoms with E-state index in [0.29, 0.717) is 30.2 Å². The quantitative estimate of drug-likeness (QED) is 0.442. The molecule has 1 heterocycles. The van der Waals surface area contributed by atoms with E-state index in [9.17, 15) is 14.9 Å². The molecule has 1 amide bonds. The van der Waals surface area contributed by atoms with Crippen molar-refractivity contribution < 1.29 is 9.72 Å². The number of carbonyl (C=O) groups is 1. The van der Waals surface area contributed by atoms with Crippen molar-refractivity contribution in [3.63, 3.8) is 0 Å². The van der Waals surface area contributed by atoms with Crippen LogP contribution in [0.2, 0.25) is 0 Å². The minimum absolute atomic E-state index is 0. The third-order valence-electron chi connectivity index (χ3n) is 3.79. The van der Waals surface area contributed by atoms with Crippen LogP contribution in [0.1, 0.15) is 23.4 Å². The molecule has 8 nitrogen and oxygen atoms in total. The maximum atomic E-state index is 11.9. The Morgan fingerprint density at radius 2 is 1.96 bits per heavy atom. The average Bonchev–Trinajstić information content (AvgIpc) is 2.81. The summed E-state index contributed by atoms with van der Waals surface area (Å²) in [4.78, 5) is 22.4. The summed E-state index contributed by atoms with van der Waals surface area (Å²) < 4.78 is 1.51. The van der Waals surface area contributed by atoms with Crippen molar-refractivity contribution in [3.8, 4) is 0 Å². The molecular weight excluding hydrogens is 346 g/mol. The van der Waals surface area contributed by atoms with Crippen LogP contribution in [0.25, 0.3) is 0 Å². The molecule has 0 saturated carbocycles. The molecule has 9 heteroatoms. The predicted octanol–water partition coefficient (Wildman–Crippen LogP) is 2.16. The van der Waals surface area contributed by atoms with E-state index in [1.807, 2.05) is 24.3 Å². The van der Waals surface area contributed by atoms with Gasteiger partial charge in [-0.2, -0.15) is 5.10 Å². The van der Waals surface area contributed by atoms with Crippen LogP contribution in [0.4, 0.5) is 11.4 Å². The van der Waals surface area contributed by atoms with Gasteiger partial charge in [0.25, 0.3) is 0 Å². The molecule has 0 aliphatic carbocycles. The van der Waals surface area contributed by atoms with Crippen LogP contribution in [0, 0.1) is 24.0 Å². The van der Waals surface area contributed by atoms with Crippen LogP contribution in [0.3, 0.4) is 0 Å². The number of nitrogens with two attached hydrogens (primary N) is 1. The lowest BCUT2D eigenvalue weighted by molar-refractivity contribution is -0.386. The van der Waals surface area contributed by atoms with Crippen LogP contribution in [-0.4, -0.2) is 27.2 Å². The van der Waals surface area contributed by atoms with E-state index in [-0.39, 0.29) is 30.4 Å². The highest BCUT2D eigenvalue weighted by molar-refractivity contribution is 5.85. The Morgan fingerprint density at radius 3 is 2.52 bits per heavy atom. The van der Waals surface area contributed by atoms with Crippen LogP contribution in [0.15, 0.2) is 24.3 Å². The zero-order valence-corrected chi connectivity index (χ0v) is 15.0. The molecule has 0 aliphatic heterocycles. The van der Waals surface area contributed by atoms with Crippen molar-refractivity contribution >= 4 is 29.7 Å². The molecule has 0 aliphatic rings. The maximum Gasteiger partial charge on any atom is 0.312 e. The van der Waals surface area contributed by atoms with Gasteiger partial charge >= 0.3 is 5.69 Å². The normalized spacial score (nSPS) is 10.2. The van der Waals surface area contributed by atoms with Gasteiger partial charge in [0.15, 0.2) is 0 Å². The monoisotopic (exact) mass is 367 g/mol. The molecule has 2 aromatic rings. The summed E-state index contributed by atoms with van der Waals surface area (Å²) in [5.74, 6) is -0.111. The van der Waals surface area contributed by atoms with E-state index in [1.54, 1.807) is 13.8 Å². The van der Waals surface area contributed by atoms with Crippen molar-refractivity contribution in [3.05, 3.63) is 51.3 Å². The standard InChI is InChI=1S/C16H21N5O3.ClH/c1-11-16(21(23)24)12(2)20(19-11)10-8-15(22)18-9-7-13-3-5-14(17)6-4-13;/h3-6H,7-10,17H2,1-2H3,(H,18,22);1H. The van der Waals surface area contributed by atoms with E-state index in [0.717, 1.165) is 12.0 Å². The first-order valence-corrected chi connectivity index (χ1v) is 7.68. The Balaban J connectivity index is 0.00000312. The molecule has 0 saturated heterocycles. The number of amides is 1. The van der Waals surface area contributed by atoms with Crippen LogP contribution in [0.5, 0.6) is 0 Å². The van der Waals surface area contributed by atoms with Crippen molar-refractivity contribution in [1.82, 2.24) is 15.1 Å². The van der Waals surface area contributed by atoms with E-state index in [2.05, 4.69) is 10.4 Å². The van der Waals surface area contributed by atoms with Gasteiger partial charge in [-0.3, -0.25) is 19.6 Å². The number of aromatic nitrogens is 2. The SMILES string of the molecule is Cc1nn(CCC(=O)NCCc2ccc(N)cc2)c(C)c1[N+](=O)[O-].Cl. The summed E-state index contributed by atoms with van der Waals surface area (Å²) in [6.45, 7) is 4.07. The fourth-order valence-electron chi connectivity index (χ4n) is 2.50. The molecule has 0 atom stereocenters. The van der Waals surface area contributed by atoms with E-state index in [1.165, 1.54) is 4.68 Å². The number of nitrogens with zero attached hydrogens (tertiary/aromatic N) is 3. The lowest BCUT2D eigenvalue weighted by Crippen LogP contribution is -2.26. The number of nitrogens with one attached hydrogen (secondary N) is 1. The number of nitro groups is 1. The molecule has 2 rings (SSSR count). The molecule has 136 valence electrons. The number of nitrogen functional groups attached to an aromatic ring is 1. The van der Waals surface area contributed by atoms with Crippen LogP contribution in [-0.2, 0) is 17.8 Å². The Bertz CT molecular complexity index is 743. The number of benzene rings is 1. The topological polar surface area (TPSA) is 116 Å². The van der Waals surface area contributed by atoms with Gasteiger partial charge in [-0.1, -0.05) is 12.1 Å². The largest absolute Gasteiger partial charge is 0.399 e. The molecule has 1 aromatic carbocycles. The minimum atomic E-state index is -0.444. The molecule has 1 aromatic heterocycles. The van der Waals surface area contributed by atoms with Crippen molar-refractivity contribution in [1.29, 1.82) is 0 Å². The van der Waals surface area contributed by atoms with Gasteiger partial charge in [-0.25, -0.2) is 0 Å². The van der Waals surface area contributed by atoms with Gasteiger partial charge in [0.2, 0.25) is 5.91 Å². The minimum Gasteiger partial charge on any atom is -0.399 e. The van der Waals surface area contributed by atoms with Crippen molar-refractivity contribution in [2.45, 2.75) is 33.2 Å².